The first-order chi connectivity index (χ1) is 6.83. The predicted molar refractivity (Wildman–Crippen MR) is 47.3 cm³/mol. The Labute approximate surface area is 79.3 Å². The molecule has 2 heterocycles. The maximum Gasteiger partial charge on any atom is 0.210 e. The molecule has 0 aliphatic heterocycles. The van der Waals surface area contributed by atoms with Gasteiger partial charge in [-0.3, -0.25) is 4.40 Å². The van der Waals surface area contributed by atoms with Crippen LogP contribution in [0.4, 0.5) is 4.39 Å². The van der Waals surface area contributed by atoms with E-state index in [4.69, 9.17) is 11.2 Å². The van der Waals surface area contributed by atoms with Gasteiger partial charge in [0.25, 0.3) is 0 Å². The predicted octanol–water partition coefficient (Wildman–Crippen LogP) is 0.880. The van der Waals surface area contributed by atoms with Crippen LogP contribution in [-0.4, -0.2) is 21.2 Å². The van der Waals surface area contributed by atoms with Crippen molar-refractivity contribution in [2.45, 2.75) is 0 Å². The molecule has 14 heavy (non-hydrogen) atoms. The Hall–Kier alpha value is -2.09. The highest BCUT2D eigenvalue weighted by Crippen LogP contribution is 2.19. The highest BCUT2D eigenvalue weighted by molar-refractivity contribution is 5.45. The zero-order valence-electron chi connectivity index (χ0n) is 7.14. The lowest BCUT2D eigenvalue weighted by Crippen LogP contribution is -1.98. The minimum Gasteiger partial charge on any atom is -0.478 e. The Morgan fingerprint density at radius 2 is 2.50 bits per heavy atom. The van der Waals surface area contributed by atoms with Gasteiger partial charge in [0.1, 0.15) is 12.9 Å². The molecule has 70 valence electrons. The highest BCUT2D eigenvalue weighted by Gasteiger charge is 2.09. The van der Waals surface area contributed by atoms with Crippen molar-refractivity contribution < 1.29 is 9.13 Å². The molecular weight excluding hydrogens is 185 g/mol. The molecule has 0 saturated heterocycles. The van der Waals surface area contributed by atoms with Crippen LogP contribution in [0.3, 0.4) is 0 Å². The number of halogens is 1. The summed E-state index contributed by atoms with van der Waals surface area (Å²) in [5.41, 5.74) is 0.125. The summed E-state index contributed by atoms with van der Waals surface area (Å²) >= 11 is 0. The SMILES string of the molecule is C#CCOc1ccn2cnnc2c1F. The molecule has 2 aromatic heterocycles. The maximum atomic E-state index is 13.5. The second kappa shape index (κ2) is 3.34. The quantitative estimate of drug-likeness (QED) is 0.661. The molecule has 0 radical (unpaired) electrons. The molecule has 0 unspecified atom stereocenters. The van der Waals surface area contributed by atoms with Gasteiger partial charge in [-0.15, -0.1) is 16.6 Å². The molecule has 0 fully saturated rings. The van der Waals surface area contributed by atoms with E-state index >= 15 is 0 Å². The Balaban J connectivity index is 2.46. The standard InChI is InChI=1S/C9H6FN3O/c1-2-5-14-7-3-4-13-6-11-12-9(13)8(7)10/h1,3-4,6H,5H2. The van der Waals surface area contributed by atoms with Gasteiger partial charge in [0.15, 0.2) is 5.75 Å². The third kappa shape index (κ3) is 1.27. The number of fused-ring (bicyclic) bond motifs is 1. The molecule has 0 atom stereocenters. The van der Waals surface area contributed by atoms with E-state index in [1.807, 2.05) is 0 Å². The smallest absolute Gasteiger partial charge is 0.210 e. The van der Waals surface area contributed by atoms with Crippen molar-refractivity contribution in [1.29, 1.82) is 0 Å². The van der Waals surface area contributed by atoms with E-state index in [0.29, 0.717) is 0 Å². The number of nitrogens with zero attached hydrogens (tertiary/aromatic N) is 3. The fourth-order valence-electron chi connectivity index (χ4n) is 1.07. The fraction of sp³-hybridized carbons (Fsp3) is 0.111. The summed E-state index contributed by atoms with van der Waals surface area (Å²) in [6, 6.07) is 1.48. The number of hydrogen-bond donors (Lipinski definition) is 0. The maximum absolute atomic E-state index is 13.5. The van der Waals surface area contributed by atoms with Crippen LogP contribution in [-0.2, 0) is 0 Å². The second-order valence-electron chi connectivity index (χ2n) is 2.55. The van der Waals surface area contributed by atoms with Crippen LogP contribution >= 0.6 is 0 Å². The van der Waals surface area contributed by atoms with Crippen LogP contribution in [0, 0.1) is 18.2 Å². The molecule has 0 amide bonds. The van der Waals surface area contributed by atoms with Gasteiger partial charge in [-0.2, -0.15) is 4.39 Å². The van der Waals surface area contributed by atoms with Crippen LogP contribution in [0.2, 0.25) is 0 Å². The Morgan fingerprint density at radius 1 is 1.64 bits per heavy atom. The number of pyridine rings is 1. The minimum absolute atomic E-state index is 0.0290. The largest absolute Gasteiger partial charge is 0.478 e. The normalized spacial score (nSPS) is 10.0. The van der Waals surface area contributed by atoms with Gasteiger partial charge < -0.3 is 4.74 Å². The minimum atomic E-state index is -0.555. The lowest BCUT2D eigenvalue weighted by atomic mass is 10.4. The molecule has 0 saturated carbocycles. The van der Waals surface area contributed by atoms with Crippen molar-refractivity contribution >= 4 is 5.65 Å². The Kier molecular flexibility index (Phi) is 2.03. The first-order valence-corrected chi connectivity index (χ1v) is 3.87. The van der Waals surface area contributed by atoms with Gasteiger partial charge in [-0.1, -0.05) is 5.92 Å². The van der Waals surface area contributed by atoms with Crippen LogP contribution in [0.5, 0.6) is 5.75 Å². The van der Waals surface area contributed by atoms with Crippen LogP contribution in [0.1, 0.15) is 0 Å². The van der Waals surface area contributed by atoms with Crippen LogP contribution in [0.25, 0.3) is 5.65 Å². The van der Waals surface area contributed by atoms with E-state index in [9.17, 15) is 4.39 Å². The lowest BCUT2D eigenvalue weighted by Gasteiger charge is -2.03. The number of ether oxygens (including phenoxy) is 1. The van der Waals surface area contributed by atoms with E-state index < -0.39 is 5.82 Å². The molecule has 0 aromatic carbocycles. The third-order valence-corrected chi connectivity index (χ3v) is 1.68. The number of terminal acetylenes is 1. The van der Waals surface area contributed by atoms with E-state index in [1.54, 1.807) is 6.20 Å². The average molecular weight is 191 g/mol. The molecule has 0 aliphatic rings. The molecule has 0 bridgehead atoms. The Bertz CT molecular complexity index is 500. The monoisotopic (exact) mass is 191 g/mol. The second-order valence-corrected chi connectivity index (χ2v) is 2.55. The van der Waals surface area contributed by atoms with Crippen molar-refractivity contribution in [3.63, 3.8) is 0 Å². The molecule has 5 heteroatoms. The van der Waals surface area contributed by atoms with Gasteiger partial charge in [0, 0.05) is 12.3 Å². The molecule has 0 N–H and O–H groups in total. The van der Waals surface area contributed by atoms with Gasteiger partial charge in [-0.25, -0.2) is 0 Å². The first kappa shape index (κ1) is 8.51. The van der Waals surface area contributed by atoms with E-state index in [2.05, 4.69) is 16.1 Å². The van der Waals surface area contributed by atoms with E-state index in [0.717, 1.165) is 0 Å². The summed E-state index contributed by atoms with van der Waals surface area (Å²) < 4.78 is 19.9. The zero-order valence-corrected chi connectivity index (χ0v) is 7.14. The van der Waals surface area contributed by atoms with Gasteiger partial charge in [-0.05, 0) is 0 Å². The van der Waals surface area contributed by atoms with Crippen LogP contribution in [0.15, 0.2) is 18.6 Å². The molecule has 2 aromatic rings. The lowest BCUT2D eigenvalue weighted by molar-refractivity contribution is 0.348. The molecule has 4 nitrogen and oxygen atoms in total. The molecular formula is C9H6FN3O. The zero-order chi connectivity index (χ0) is 9.97. The van der Waals surface area contributed by atoms with Gasteiger partial charge in [0.2, 0.25) is 11.5 Å². The number of aromatic nitrogens is 3. The summed E-state index contributed by atoms with van der Waals surface area (Å²) in [5, 5.41) is 7.15. The number of hydrogen-bond acceptors (Lipinski definition) is 3. The summed E-state index contributed by atoms with van der Waals surface area (Å²) in [6.45, 7) is 0.0290. The first-order valence-electron chi connectivity index (χ1n) is 3.87. The molecule has 0 aliphatic carbocycles. The van der Waals surface area contributed by atoms with Crippen molar-refractivity contribution in [3.8, 4) is 18.1 Å². The van der Waals surface area contributed by atoms with Crippen molar-refractivity contribution in [2.75, 3.05) is 6.61 Å². The average Bonchev–Trinajstić information content (AvgIpc) is 2.66. The van der Waals surface area contributed by atoms with E-state index in [1.165, 1.54) is 16.8 Å². The van der Waals surface area contributed by atoms with Gasteiger partial charge in [0.05, 0.1) is 0 Å². The van der Waals surface area contributed by atoms with Crippen molar-refractivity contribution in [3.05, 3.63) is 24.4 Å². The number of rotatable bonds is 2. The third-order valence-electron chi connectivity index (χ3n) is 1.68. The highest BCUT2D eigenvalue weighted by atomic mass is 19.1. The topological polar surface area (TPSA) is 39.4 Å². The van der Waals surface area contributed by atoms with E-state index in [-0.39, 0.29) is 18.0 Å². The summed E-state index contributed by atoms with van der Waals surface area (Å²) in [6.07, 6.45) is 8.00. The fourth-order valence-corrected chi connectivity index (χ4v) is 1.07. The van der Waals surface area contributed by atoms with Crippen LogP contribution < -0.4 is 4.74 Å². The molecule has 0 spiro atoms. The van der Waals surface area contributed by atoms with Crippen molar-refractivity contribution in [2.24, 2.45) is 0 Å². The summed E-state index contributed by atoms with van der Waals surface area (Å²) in [7, 11) is 0. The molecule has 2 rings (SSSR count). The van der Waals surface area contributed by atoms with Crippen molar-refractivity contribution in [1.82, 2.24) is 14.6 Å². The van der Waals surface area contributed by atoms with Gasteiger partial charge >= 0.3 is 0 Å². The summed E-state index contributed by atoms with van der Waals surface area (Å²) in [5.74, 6) is 1.78. The Morgan fingerprint density at radius 3 is 3.29 bits per heavy atom. The summed E-state index contributed by atoms with van der Waals surface area (Å²) in [4.78, 5) is 0.